The summed E-state index contributed by atoms with van der Waals surface area (Å²) >= 11 is 0. The molecule has 6 nitrogen and oxygen atoms in total. The van der Waals surface area contributed by atoms with Gasteiger partial charge in [-0.15, -0.1) is 0 Å². The summed E-state index contributed by atoms with van der Waals surface area (Å²) in [5.74, 6) is 0.505. The summed E-state index contributed by atoms with van der Waals surface area (Å²) < 4.78 is 11.9. The standard InChI is InChI=1S/C16H31N3O3/c1-13(2)18(5)9-14-8-16(22-10-14)11-19(6-7-21-12-16)15(20)17(3)4/h13-14H,6-12H2,1-5H3/t14-,16-/m0/s1. The van der Waals surface area contributed by atoms with Crippen LogP contribution in [0.1, 0.15) is 20.3 Å². The van der Waals surface area contributed by atoms with Crippen molar-refractivity contribution in [2.45, 2.75) is 31.9 Å². The predicted octanol–water partition coefficient (Wildman–Crippen LogP) is 1.12. The van der Waals surface area contributed by atoms with Crippen LogP contribution in [-0.4, -0.2) is 93.0 Å². The average molecular weight is 313 g/mol. The maximum absolute atomic E-state index is 12.3. The van der Waals surface area contributed by atoms with Crippen LogP contribution < -0.4 is 0 Å². The quantitative estimate of drug-likeness (QED) is 0.783. The highest BCUT2D eigenvalue weighted by Crippen LogP contribution is 2.33. The van der Waals surface area contributed by atoms with Crippen molar-refractivity contribution in [1.29, 1.82) is 0 Å². The zero-order valence-corrected chi connectivity index (χ0v) is 14.7. The molecular weight excluding hydrogens is 282 g/mol. The van der Waals surface area contributed by atoms with Crippen LogP contribution in [0.3, 0.4) is 0 Å². The topological polar surface area (TPSA) is 45.3 Å². The van der Waals surface area contributed by atoms with Gasteiger partial charge in [-0.1, -0.05) is 0 Å². The van der Waals surface area contributed by atoms with Crippen molar-refractivity contribution in [3.05, 3.63) is 0 Å². The molecule has 2 saturated heterocycles. The summed E-state index contributed by atoms with van der Waals surface area (Å²) in [6.45, 7) is 8.64. The van der Waals surface area contributed by atoms with Gasteiger partial charge in [-0.05, 0) is 33.2 Å². The van der Waals surface area contributed by atoms with Crippen LogP contribution in [0.25, 0.3) is 0 Å². The van der Waals surface area contributed by atoms with Crippen LogP contribution >= 0.6 is 0 Å². The number of nitrogens with zero attached hydrogens (tertiary/aromatic N) is 3. The average Bonchev–Trinajstić information content (AvgIpc) is 2.71. The zero-order chi connectivity index (χ0) is 16.3. The van der Waals surface area contributed by atoms with Gasteiger partial charge in [0, 0.05) is 33.2 Å². The number of urea groups is 1. The molecule has 0 aliphatic carbocycles. The Morgan fingerprint density at radius 3 is 2.73 bits per heavy atom. The van der Waals surface area contributed by atoms with Crippen LogP contribution in [-0.2, 0) is 9.47 Å². The molecule has 128 valence electrons. The molecule has 0 aromatic rings. The van der Waals surface area contributed by atoms with E-state index in [9.17, 15) is 4.79 Å². The molecule has 2 fully saturated rings. The Bertz CT molecular complexity index is 389. The van der Waals surface area contributed by atoms with Gasteiger partial charge in [-0.25, -0.2) is 4.79 Å². The number of carbonyl (C=O) groups excluding carboxylic acids is 1. The molecule has 22 heavy (non-hydrogen) atoms. The van der Waals surface area contributed by atoms with Gasteiger partial charge in [0.15, 0.2) is 0 Å². The Labute approximate surface area is 134 Å². The van der Waals surface area contributed by atoms with E-state index in [1.165, 1.54) is 0 Å². The first-order valence-corrected chi connectivity index (χ1v) is 8.21. The maximum Gasteiger partial charge on any atom is 0.319 e. The minimum Gasteiger partial charge on any atom is -0.377 e. The Hall–Kier alpha value is -0.850. The van der Waals surface area contributed by atoms with Gasteiger partial charge in [0.1, 0.15) is 5.60 Å². The van der Waals surface area contributed by atoms with Crippen LogP contribution in [0.2, 0.25) is 0 Å². The van der Waals surface area contributed by atoms with Gasteiger partial charge in [-0.2, -0.15) is 0 Å². The number of rotatable bonds is 3. The van der Waals surface area contributed by atoms with Gasteiger partial charge >= 0.3 is 6.03 Å². The second-order valence-electron chi connectivity index (χ2n) is 7.25. The van der Waals surface area contributed by atoms with E-state index in [1.807, 2.05) is 4.90 Å². The highest BCUT2D eigenvalue weighted by Gasteiger charge is 2.44. The third-order valence-corrected chi connectivity index (χ3v) is 4.72. The van der Waals surface area contributed by atoms with E-state index in [4.69, 9.17) is 9.47 Å². The first-order valence-electron chi connectivity index (χ1n) is 8.21. The molecule has 2 atom stereocenters. The molecule has 0 saturated carbocycles. The fraction of sp³-hybridized carbons (Fsp3) is 0.938. The van der Waals surface area contributed by atoms with E-state index in [1.54, 1.807) is 19.0 Å². The normalized spacial score (nSPS) is 29.4. The Morgan fingerprint density at radius 1 is 1.36 bits per heavy atom. The van der Waals surface area contributed by atoms with Crippen molar-refractivity contribution in [3.63, 3.8) is 0 Å². The lowest BCUT2D eigenvalue weighted by Gasteiger charge is -2.32. The minimum atomic E-state index is -0.329. The lowest BCUT2D eigenvalue weighted by molar-refractivity contribution is -0.0536. The minimum absolute atomic E-state index is 0.0382. The lowest BCUT2D eigenvalue weighted by atomic mass is 9.93. The lowest BCUT2D eigenvalue weighted by Crippen LogP contribution is -2.49. The van der Waals surface area contributed by atoms with E-state index in [0.717, 1.165) is 19.6 Å². The predicted molar refractivity (Wildman–Crippen MR) is 86.0 cm³/mol. The monoisotopic (exact) mass is 313 g/mol. The molecule has 0 bridgehead atoms. The highest BCUT2D eigenvalue weighted by molar-refractivity contribution is 5.74. The molecule has 0 aromatic heterocycles. The third-order valence-electron chi connectivity index (χ3n) is 4.72. The van der Waals surface area contributed by atoms with E-state index in [2.05, 4.69) is 25.8 Å². The molecule has 0 N–H and O–H groups in total. The van der Waals surface area contributed by atoms with Gasteiger partial charge in [0.05, 0.1) is 26.4 Å². The fourth-order valence-electron chi connectivity index (χ4n) is 3.24. The largest absolute Gasteiger partial charge is 0.377 e. The molecule has 0 aromatic carbocycles. The first kappa shape index (κ1) is 17.5. The number of amides is 2. The molecule has 2 heterocycles. The van der Waals surface area contributed by atoms with Crippen LogP contribution in [0.4, 0.5) is 4.79 Å². The molecule has 0 unspecified atom stereocenters. The molecular formula is C16H31N3O3. The molecule has 2 amide bonds. The second-order valence-corrected chi connectivity index (χ2v) is 7.25. The Morgan fingerprint density at radius 2 is 2.09 bits per heavy atom. The summed E-state index contributed by atoms with van der Waals surface area (Å²) in [7, 11) is 5.73. The molecule has 2 aliphatic heterocycles. The second kappa shape index (κ2) is 7.15. The number of hydrogen-bond donors (Lipinski definition) is 0. The van der Waals surface area contributed by atoms with Crippen molar-refractivity contribution in [2.75, 3.05) is 60.6 Å². The number of hydrogen-bond acceptors (Lipinski definition) is 4. The zero-order valence-electron chi connectivity index (χ0n) is 14.7. The smallest absolute Gasteiger partial charge is 0.319 e. The molecule has 6 heteroatoms. The first-order chi connectivity index (χ1) is 10.3. The summed E-state index contributed by atoms with van der Waals surface area (Å²) in [5, 5.41) is 0. The number of ether oxygens (including phenoxy) is 2. The van der Waals surface area contributed by atoms with E-state index in [0.29, 0.717) is 38.3 Å². The van der Waals surface area contributed by atoms with Gasteiger partial charge in [-0.3, -0.25) is 0 Å². The van der Waals surface area contributed by atoms with E-state index in [-0.39, 0.29) is 11.6 Å². The van der Waals surface area contributed by atoms with Crippen molar-refractivity contribution in [1.82, 2.24) is 14.7 Å². The van der Waals surface area contributed by atoms with Crippen molar-refractivity contribution in [2.24, 2.45) is 5.92 Å². The third kappa shape index (κ3) is 4.12. The summed E-state index contributed by atoms with van der Waals surface area (Å²) in [5.41, 5.74) is -0.329. The molecule has 2 aliphatic rings. The highest BCUT2D eigenvalue weighted by atomic mass is 16.5. The van der Waals surface area contributed by atoms with E-state index < -0.39 is 0 Å². The molecule has 2 rings (SSSR count). The molecule has 1 spiro atoms. The van der Waals surface area contributed by atoms with Gasteiger partial charge in [0.25, 0.3) is 0 Å². The van der Waals surface area contributed by atoms with E-state index >= 15 is 0 Å². The van der Waals surface area contributed by atoms with Crippen molar-refractivity contribution in [3.8, 4) is 0 Å². The van der Waals surface area contributed by atoms with Gasteiger partial charge < -0.3 is 24.2 Å². The summed E-state index contributed by atoms with van der Waals surface area (Å²) in [4.78, 5) is 18.1. The van der Waals surface area contributed by atoms with Crippen molar-refractivity contribution < 1.29 is 14.3 Å². The maximum atomic E-state index is 12.3. The summed E-state index contributed by atoms with van der Waals surface area (Å²) in [6, 6.07) is 0.574. The number of carbonyl (C=O) groups is 1. The van der Waals surface area contributed by atoms with Crippen molar-refractivity contribution >= 4 is 6.03 Å². The van der Waals surface area contributed by atoms with Gasteiger partial charge in [0.2, 0.25) is 0 Å². The Balaban J connectivity index is 1.99. The summed E-state index contributed by atoms with van der Waals surface area (Å²) in [6.07, 6.45) is 0.960. The van der Waals surface area contributed by atoms with Crippen LogP contribution in [0, 0.1) is 5.92 Å². The Kier molecular flexibility index (Phi) is 5.69. The molecule has 0 radical (unpaired) electrons. The fourth-order valence-corrected chi connectivity index (χ4v) is 3.24. The van der Waals surface area contributed by atoms with Crippen LogP contribution in [0.5, 0.6) is 0 Å². The SMILES string of the molecule is CC(C)N(C)C[C@H]1CO[C@@]2(COCCN(C(=O)N(C)C)C2)C1. The van der Waals surface area contributed by atoms with Crippen LogP contribution in [0.15, 0.2) is 0 Å².